The lowest BCUT2D eigenvalue weighted by molar-refractivity contribution is 0.672. The highest BCUT2D eigenvalue weighted by molar-refractivity contribution is 6.71. The second-order valence-electron chi connectivity index (χ2n) is 17.0. The van der Waals surface area contributed by atoms with E-state index in [-0.39, 0.29) is 0 Å². The van der Waals surface area contributed by atoms with Gasteiger partial charge in [0.15, 0.2) is 0 Å². The summed E-state index contributed by atoms with van der Waals surface area (Å²) in [5.41, 5.74) is 20.3. The molecule has 0 aliphatic carbocycles. The molecule has 268 valence electrons. The molecule has 0 spiro atoms. The molecule has 0 amide bonds. The maximum absolute atomic E-state index is 6.65. The van der Waals surface area contributed by atoms with Gasteiger partial charge in [0.25, 0.3) is 0 Å². The smallest absolute Gasteiger partial charge is 0.143 e. The maximum atomic E-state index is 6.65. The van der Waals surface area contributed by atoms with E-state index in [9.17, 15) is 0 Å². The summed E-state index contributed by atoms with van der Waals surface area (Å²) in [6, 6.07) is 49.4. The van der Waals surface area contributed by atoms with Gasteiger partial charge in [-0.25, -0.2) is 0 Å². The van der Waals surface area contributed by atoms with Gasteiger partial charge in [0.2, 0.25) is 0 Å². The van der Waals surface area contributed by atoms with Crippen LogP contribution in [-0.4, -0.2) is 62.8 Å². The van der Waals surface area contributed by atoms with Gasteiger partial charge in [-0.15, -0.1) is 21.9 Å². The molecule has 0 atom stereocenters. The standard InChI is InChI=1S/C50H38B8O/c51-42-38-36(27-16-13-25(14-17-27)30-11-5-8-26-15-12-23-6-1-3-9-29(23)35(26)30)39-41(45(54)49(58)47(56)43(39)52)37(40(38)44(53)48(57)46(42)55)28-19-21-34-33(22-28)32-20-18-24-7-2-4-10-31(24)50(32)59-34/h1-22H,51-58H2. The van der Waals surface area contributed by atoms with Crippen LogP contribution in [0.5, 0.6) is 0 Å². The first-order chi connectivity index (χ1) is 28.6. The third kappa shape index (κ3) is 5.10. The van der Waals surface area contributed by atoms with Crippen LogP contribution in [0.3, 0.4) is 0 Å². The van der Waals surface area contributed by atoms with E-state index in [1.165, 1.54) is 126 Å². The van der Waals surface area contributed by atoms with Crippen molar-refractivity contribution in [1.29, 1.82) is 0 Å². The summed E-state index contributed by atoms with van der Waals surface area (Å²) in [5, 5.41) is 15.2. The lowest BCUT2D eigenvalue weighted by Gasteiger charge is -2.28. The van der Waals surface area contributed by atoms with E-state index in [1.54, 1.807) is 0 Å². The molecule has 0 bridgehead atoms. The van der Waals surface area contributed by atoms with E-state index in [0.29, 0.717) is 0 Å². The summed E-state index contributed by atoms with van der Waals surface area (Å²) in [7, 11) is 18.6. The lowest BCUT2D eigenvalue weighted by atomic mass is 9.59. The van der Waals surface area contributed by atoms with Crippen LogP contribution in [0, 0.1) is 0 Å². The molecule has 0 radical (unpaired) electrons. The zero-order valence-electron chi connectivity index (χ0n) is 35.1. The Kier molecular flexibility index (Phi) is 8.02. The van der Waals surface area contributed by atoms with Crippen molar-refractivity contribution >= 4 is 182 Å². The number of hydrogen-bond acceptors (Lipinski definition) is 1. The molecule has 0 fully saturated rings. The minimum atomic E-state index is 0.921. The van der Waals surface area contributed by atoms with Crippen LogP contribution < -0.4 is 43.7 Å². The fourth-order valence-corrected chi connectivity index (χ4v) is 10.5. The number of furan rings is 1. The Balaban J connectivity index is 1.24. The second-order valence-corrected chi connectivity index (χ2v) is 17.0. The molecule has 11 rings (SSSR count). The van der Waals surface area contributed by atoms with E-state index >= 15 is 0 Å². The molecular weight excluding hydrogens is 703 g/mol. The van der Waals surface area contributed by atoms with Crippen molar-refractivity contribution in [2.75, 3.05) is 0 Å². The number of rotatable bonds is 3. The SMILES string of the molecule is Bc1c(B)c(B)c2c(-c3ccc4oc5c6ccccc6ccc5c4c3)c3c(B)c(B)c(B)c(B)c3c(-c3ccc(-c4cccc5ccc6ccccc6c45)cc3)c2c1B. The van der Waals surface area contributed by atoms with Gasteiger partial charge in [0, 0.05) is 16.2 Å². The van der Waals surface area contributed by atoms with Crippen LogP contribution in [0.1, 0.15) is 0 Å². The van der Waals surface area contributed by atoms with Crippen molar-refractivity contribution in [2.45, 2.75) is 0 Å². The van der Waals surface area contributed by atoms with E-state index in [2.05, 4.69) is 196 Å². The summed E-state index contributed by atoms with van der Waals surface area (Å²) in [4.78, 5) is 0. The predicted molar refractivity (Wildman–Crippen MR) is 283 cm³/mol. The molecule has 0 saturated heterocycles. The highest BCUT2D eigenvalue weighted by atomic mass is 16.3. The molecule has 0 unspecified atom stereocenters. The molecule has 0 aliphatic rings. The Morgan fingerprint density at radius 2 is 0.780 bits per heavy atom. The van der Waals surface area contributed by atoms with Gasteiger partial charge in [-0.3, -0.25) is 0 Å². The highest BCUT2D eigenvalue weighted by Gasteiger charge is 2.26. The first-order valence-electron chi connectivity index (χ1n) is 20.9. The minimum absolute atomic E-state index is 0.921. The zero-order chi connectivity index (χ0) is 40.4. The quantitative estimate of drug-likeness (QED) is 0.146. The topological polar surface area (TPSA) is 13.1 Å². The summed E-state index contributed by atoms with van der Waals surface area (Å²) >= 11 is 0. The van der Waals surface area contributed by atoms with Gasteiger partial charge in [-0.2, -0.15) is 0 Å². The van der Waals surface area contributed by atoms with Gasteiger partial charge >= 0.3 is 0 Å². The molecule has 0 saturated carbocycles. The molecule has 1 heterocycles. The van der Waals surface area contributed by atoms with Gasteiger partial charge in [-0.1, -0.05) is 137 Å². The first kappa shape index (κ1) is 35.9. The summed E-state index contributed by atoms with van der Waals surface area (Å²) in [6.07, 6.45) is 0. The Morgan fingerprint density at radius 3 is 1.41 bits per heavy atom. The van der Waals surface area contributed by atoms with E-state index < -0.39 is 0 Å². The molecule has 1 nitrogen and oxygen atoms in total. The fourth-order valence-electron chi connectivity index (χ4n) is 10.5. The average molecular weight is 741 g/mol. The van der Waals surface area contributed by atoms with Crippen molar-refractivity contribution in [3.05, 3.63) is 133 Å². The Labute approximate surface area is 351 Å². The molecule has 0 aliphatic heterocycles. The summed E-state index contributed by atoms with van der Waals surface area (Å²) < 4.78 is 6.65. The van der Waals surface area contributed by atoms with Gasteiger partial charge in [-0.05, 0) is 100 Å². The van der Waals surface area contributed by atoms with Crippen LogP contribution in [0.15, 0.2) is 138 Å². The number of fused-ring (bicyclic) bond motifs is 10. The van der Waals surface area contributed by atoms with E-state index in [4.69, 9.17) is 4.42 Å². The fraction of sp³-hybridized carbons (Fsp3) is 0. The summed E-state index contributed by atoms with van der Waals surface area (Å²) in [5.74, 6) is 0. The van der Waals surface area contributed by atoms with Crippen LogP contribution in [-0.2, 0) is 0 Å². The third-order valence-corrected chi connectivity index (χ3v) is 14.3. The zero-order valence-corrected chi connectivity index (χ0v) is 35.1. The average Bonchev–Trinajstić information content (AvgIpc) is 3.66. The van der Waals surface area contributed by atoms with Crippen LogP contribution in [0.4, 0.5) is 0 Å². The normalized spacial score (nSPS) is 11.9. The van der Waals surface area contributed by atoms with Gasteiger partial charge in [0.1, 0.15) is 73.9 Å². The minimum Gasteiger partial charge on any atom is -0.455 e. The van der Waals surface area contributed by atoms with Crippen molar-refractivity contribution < 1.29 is 4.42 Å². The van der Waals surface area contributed by atoms with Crippen LogP contribution in [0.2, 0.25) is 0 Å². The molecule has 9 heteroatoms. The van der Waals surface area contributed by atoms with Gasteiger partial charge < -0.3 is 4.42 Å². The Morgan fingerprint density at radius 1 is 0.305 bits per heavy atom. The van der Waals surface area contributed by atoms with Crippen molar-refractivity contribution in [3.63, 3.8) is 0 Å². The third-order valence-electron chi connectivity index (χ3n) is 14.3. The van der Waals surface area contributed by atoms with Crippen molar-refractivity contribution in [2.24, 2.45) is 0 Å². The summed E-state index contributed by atoms with van der Waals surface area (Å²) in [6.45, 7) is 0. The lowest BCUT2D eigenvalue weighted by Crippen LogP contribution is -2.50. The predicted octanol–water partition coefficient (Wildman–Crippen LogP) is 0.420. The number of benzene rings is 10. The van der Waals surface area contributed by atoms with Gasteiger partial charge in [0.05, 0.1) is 0 Å². The first-order valence-corrected chi connectivity index (χ1v) is 20.9. The molecular formula is C50H38B8O. The van der Waals surface area contributed by atoms with E-state index in [1.807, 2.05) is 0 Å². The van der Waals surface area contributed by atoms with Crippen molar-refractivity contribution in [1.82, 2.24) is 0 Å². The maximum Gasteiger partial charge on any atom is 0.143 e. The Bertz CT molecular complexity index is 3560. The molecule has 1 aromatic heterocycles. The molecule has 11 aromatic rings. The Hall–Kier alpha value is -6.18. The monoisotopic (exact) mass is 742 g/mol. The van der Waals surface area contributed by atoms with Crippen molar-refractivity contribution in [3.8, 4) is 33.4 Å². The highest BCUT2D eigenvalue weighted by Crippen LogP contribution is 2.44. The largest absolute Gasteiger partial charge is 0.455 e. The number of hydrogen-bond donors (Lipinski definition) is 0. The molecule has 10 aromatic carbocycles. The van der Waals surface area contributed by atoms with Crippen LogP contribution >= 0.6 is 0 Å². The van der Waals surface area contributed by atoms with E-state index in [0.717, 1.165) is 27.3 Å². The molecule has 0 N–H and O–H groups in total. The second kappa shape index (κ2) is 13.2. The molecule has 59 heavy (non-hydrogen) atoms. The van der Waals surface area contributed by atoms with Crippen LogP contribution in [0.25, 0.3) is 109 Å².